The topological polar surface area (TPSA) is 51.2 Å². The van der Waals surface area contributed by atoms with Crippen LogP contribution in [0.3, 0.4) is 0 Å². The van der Waals surface area contributed by atoms with E-state index in [1.54, 1.807) is 13.0 Å². The lowest BCUT2D eigenvalue weighted by Gasteiger charge is -2.14. The van der Waals surface area contributed by atoms with Gasteiger partial charge in [0.05, 0.1) is 0 Å². The quantitative estimate of drug-likeness (QED) is 0.932. The Morgan fingerprint density at radius 2 is 1.95 bits per heavy atom. The number of hydrogen-bond acceptors (Lipinski definition) is 3. The van der Waals surface area contributed by atoms with Crippen LogP contribution < -0.4 is 10.1 Å². The van der Waals surface area contributed by atoms with Crippen LogP contribution in [0, 0.1) is 12.7 Å². The molecule has 1 atom stereocenters. The number of nitrogens with zero attached hydrogens (tertiary/aromatic N) is 1. The molecule has 2 aromatic rings. The molecule has 1 aromatic heterocycles. The third kappa shape index (κ3) is 3.78. The highest BCUT2D eigenvalue weighted by Gasteiger charge is 2.15. The number of nitrogens with one attached hydrogen (secondary N) is 1. The van der Waals surface area contributed by atoms with Crippen molar-refractivity contribution in [2.75, 3.05) is 5.32 Å². The molecule has 0 aliphatic rings. The largest absolute Gasteiger partial charge is 0.481 e. The molecule has 0 saturated heterocycles. The fourth-order valence-electron chi connectivity index (χ4n) is 1.61. The smallest absolute Gasteiger partial charge is 0.266 e. The van der Waals surface area contributed by atoms with Gasteiger partial charge in [-0.25, -0.2) is 9.37 Å². The first-order chi connectivity index (χ1) is 9.54. The molecule has 0 aliphatic heterocycles. The van der Waals surface area contributed by atoms with Gasteiger partial charge in [-0.05, 0) is 50.2 Å². The number of aryl methyl sites for hydroxylation is 1. The zero-order chi connectivity index (χ0) is 14.5. The number of aromatic nitrogens is 1. The van der Waals surface area contributed by atoms with Crippen LogP contribution in [0.15, 0.2) is 42.5 Å². The summed E-state index contributed by atoms with van der Waals surface area (Å²) in [5, 5.41) is 2.67. The molecular formula is C15H15FN2O2. The van der Waals surface area contributed by atoms with E-state index in [0.717, 1.165) is 5.69 Å². The third-order valence-electron chi connectivity index (χ3n) is 2.64. The van der Waals surface area contributed by atoms with E-state index in [-0.39, 0.29) is 11.7 Å². The van der Waals surface area contributed by atoms with Crippen LogP contribution in [0.2, 0.25) is 0 Å². The summed E-state index contributed by atoms with van der Waals surface area (Å²) < 4.78 is 18.2. The fourth-order valence-corrected chi connectivity index (χ4v) is 1.61. The SMILES string of the molecule is Cc1cccc(NC(=O)C(C)Oc2ccc(F)cc2)n1. The van der Waals surface area contributed by atoms with Crippen LogP contribution in [0.25, 0.3) is 0 Å². The van der Waals surface area contributed by atoms with Crippen LogP contribution >= 0.6 is 0 Å². The molecule has 1 unspecified atom stereocenters. The van der Waals surface area contributed by atoms with E-state index in [4.69, 9.17) is 4.74 Å². The van der Waals surface area contributed by atoms with E-state index in [0.29, 0.717) is 11.6 Å². The van der Waals surface area contributed by atoms with Gasteiger partial charge in [0.1, 0.15) is 17.4 Å². The molecule has 5 heteroatoms. The lowest BCUT2D eigenvalue weighted by molar-refractivity contribution is -0.122. The standard InChI is InChI=1S/C15H15FN2O2/c1-10-4-3-5-14(17-10)18-15(19)11(2)20-13-8-6-12(16)7-9-13/h3-9,11H,1-2H3,(H,17,18,19). The molecule has 1 N–H and O–H groups in total. The Hall–Kier alpha value is -2.43. The molecule has 2 rings (SSSR count). The van der Waals surface area contributed by atoms with E-state index in [1.807, 2.05) is 19.1 Å². The summed E-state index contributed by atoms with van der Waals surface area (Å²) in [6.45, 7) is 3.46. The van der Waals surface area contributed by atoms with E-state index in [9.17, 15) is 9.18 Å². The van der Waals surface area contributed by atoms with Crippen LogP contribution in [0.4, 0.5) is 10.2 Å². The normalized spacial score (nSPS) is 11.8. The third-order valence-corrected chi connectivity index (χ3v) is 2.64. The molecular weight excluding hydrogens is 259 g/mol. The molecule has 4 nitrogen and oxygen atoms in total. The molecule has 0 aliphatic carbocycles. The zero-order valence-electron chi connectivity index (χ0n) is 11.3. The van der Waals surface area contributed by atoms with E-state index in [2.05, 4.69) is 10.3 Å². The minimum absolute atomic E-state index is 0.313. The number of halogens is 1. The molecule has 0 spiro atoms. The summed E-state index contributed by atoms with van der Waals surface area (Å²) in [4.78, 5) is 16.1. The number of carbonyl (C=O) groups is 1. The van der Waals surface area contributed by atoms with Gasteiger partial charge >= 0.3 is 0 Å². The first-order valence-electron chi connectivity index (χ1n) is 6.21. The predicted octanol–water partition coefficient (Wildman–Crippen LogP) is 2.94. The second-order valence-corrected chi connectivity index (χ2v) is 4.37. The summed E-state index contributed by atoms with van der Waals surface area (Å²) in [6, 6.07) is 10.9. The monoisotopic (exact) mass is 274 g/mol. The van der Waals surface area contributed by atoms with Gasteiger partial charge in [-0.3, -0.25) is 4.79 Å². The van der Waals surface area contributed by atoms with Crippen molar-refractivity contribution in [3.05, 3.63) is 54.0 Å². The number of anilines is 1. The number of pyridine rings is 1. The van der Waals surface area contributed by atoms with Gasteiger partial charge in [-0.2, -0.15) is 0 Å². The lowest BCUT2D eigenvalue weighted by atomic mass is 10.3. The number of carbonyl (C=O) groups excluding carboxylic acids is 1. The molecule has 1 heterocycles. The van der Waals surface area contributed by atoms with Gasteiger partial charge in [-0.15, -0.1) is 0 Å². The van der Waals surface area contributed by atoms with Crippen molar-refractivity contribution in [3.63, 3.8) is 0 Å². The van der Waals surface area contributed by atoms with Crippen molar-refractivity contribution >= 4 is 11.7 Å². The molecule has 0 saturated carbocycles. The average molecular weight is 274 g/mol. The van der Waals surface area contributed by atoms with Gasteiger partial charge in [0.15, 0.2) is 6.10 Å². The van der Waals surface area contributed by atoms with Crippen LogP contribution in [0.5, 0.6) is 5.75 Å². The van der Waals surface area contributed by atoms with Crippen LogP contribution in [-0.4, -0.2) is 17.0 Å². The maximum absolute atomic E-state index is 12.8. The predicted molar refractivity (Wildman–Crippen MR) is 74.1 cm³/mol. The summed E-state index contributed by atoms with van der Waals surface area (Å²) in [5.74, 6) is 0.252. The molecule has 104 valence electrons. The number of amides is 1. The first-order valence-corrected chi connectivity index (χ1v) is 6.21. The molecule has 1 aromatic carbocycles. The Balaban J connectivity index is 1.96. The van der Waals surface area contributed by atoms with Gasteiger partial charge in [0, 0.05) is 5.69 Å². The van der Waals surface area contributed by atoms with Crippen LogP contribution in [0.1, 0.15) is 12.6 Å². The van der Waals surface area contributed by atoms with Gasteiger partial charge in [0.25, 0.3) is 5.91 Å². The minimum atomic E-state index is -0.706. The summed E-state index contributed by atoms with van der Waals surface area (Å²) >= 11 is 0. The maximum atomic E-state index is 12.8. The van der Waals surface area contributed by atoms with Gasteiger partial charge in [-0.1, -0.05) is 6.07 Å². The number of rotatable bonds is 4. The van der Waals surface area contributed by atoms with Crippen molar-refractivity contribution < 1.29 is 13.9 Å². The highest BCUT2D eigenvalue weighted by molar-refractivity contribution is 5.93. The Kier molecular flexibility index (Phi) is 4.30. The van der Waals surface area contributed by atoms with E-state index in [1.165, 1.54) is 24.3 Å². The van der Waals surface area contributed by atoms with E-state index >= 15 is 0 Å². The van der Waals surface area contributed by atoms with Crippen molar-refractivity contribution in [1.82, 2.24) is 4.98 Å². The Bertz CT molecular complexity index is 599. The van der Waals surface area contributed by atoms with Gasteiger partial charge < -0.3 is 10.1 Å². The number of ether oxygens (including phenoxy) is 1. The van der Waals surface area contributed by atoms with E-state index < -0.39 is 6.10 Å². The molecule has 0 bridgehead atoms. The van der Waals surface area contributed by atoms with Crippen molar-refractivity contribution in [2.45, 2.75) is 20.0 Å². The number of benzene rings is 1. The zero-order valence-corrected chi connectivity index (χ0v) is 11.3. The molecule has 1 amide bonds. The summed E-state index contributed by atoms with van der Waals surface area (Å²) in [5.41, 5.74) is 0.815. The van der Waals surface area contributed by atoms with Crippen molar-refractivity contribution in [1.29, 1.82) is 0 Å². The maximum Gasteiger partial charge on any atom is 0.266 e. The first kappa shape index (κ1) is 14.0. The second-order valence-electron chi connectivity index (χ2n) is 4.37. The van der Waals surface area contributed by atoms with Crippen molar-refractivity contribution in [2.24, 2.45) is 0 Å². The lowest BCUT2D eigenvalue weighted by Crippen LogP contribution is -2.30. The molecule has 0 fully saturated rings. The Morgan fingerprint density at radius 1 is 1.25 bits per heavy atom. The minimum Gasteiger partial charge on any atom is -0.481 e. The molecule has 0 radical (unpaired) electrons. The Morgan fingerprint density at radius 3 is 2.60 bits per heavy atom. The highest BCUT2D eigenvalue weighted by atomic mass is 19.1. The summed E-state index contributed by atoms with van der Waals surface area (Å²) in [6.07, 6.45) is -0.706. The fraction of sp³-hybridized carbons (Fsp3) is 0.200. The average Bonchev–Trinajstić information content (AvgIpc) is 2.41. The molecule has 20 heavy (non-hydrogen) atoms. The second kappa shape index (κ2) is 6.14. The summed E-state index contributed by atoms with van der Waals surface area (Å²) in [7, 11) is 0. The van der Waals surface area contributed by atoms with Crippen molar-refractivity contribution in [3.8, 4) is 5.75 Å². The van der Waals surface area contributed by atoms with Crippen LogP contribution in [-0.2, 0) is 4.79 Å². The Labute approximate surface area is 116 Å². The highest BCUT2D eigenvalue weighted by Crippen LogP contribution is 2.14. The van der Waals surface area contributed by atoms with Gasteiger partial charge in [0.2, 0.25) is 0 Å². The number of hydrogen-bond donors (Lipinski definition) is 1.